The van der Waals surface area contributed by atoms with E-state index in [1.165, 1.54) is 5.57 Å². The number of rotatable bonds is 3. The molecule has 0 fully saturated rings. The first-order valence-corrected chi connectivity index (χ1v) is 5.10. The molecule has 14 heavy (non-hydrogen) atoms. The van der Waals surface area contributed by atoms with Crippen LogP contribution in [-0.2, 0) is 4.74 Å². The van der Waals surface area contributed by atoms with Crippen molar-refractivity contribution in [2.45, 2.75) is 39.8 Å². The molecule has 1 heterocycles. The van der Waals surface area contributed by atoms with Crippen molar-refractivity contribution in [3.63, 3.8) is 0 Å². The quantitative estimate of drug-likeness (QED) is 0.647. The number of nitrogens with zero attached hydrogens (tertiary/aromatic N) is 2. The second kappa shape index (κ2) is 5.02. The summed E-state index contributed by atoms with van der Waals surface area (Å²) in [7, 11) is 0. The SMILES string of the molecule is CC1=CN(C#N)C(OCC(C)C)CC1. The summed E-state index contributed by atoms with van der Waals surface area (Å²) < 4.78 is 5.66. The first-order valence-electron chi connectivity index (χ1n) is 5.10. The van der Waals surface area contributed by atoms with Gasteiger partial charge in [0.05, 0.1) is 6.61 Å². The third-order valence-electron chi connectivity index (χ3n) is 2.19. The largest absolute Gasteiger partial charge is 0.357 e. The molecule has 3 heteroatoms. The Balaban J connectivity index is 2.50. The smallest absolute Gasteiger partial charge is 0.186 e. The lowest BCUT2D eigenvalue weighted by Crippen LogP contribution is -2.33. The third kappa shape index (κ3) is 3.04. The monoisotopic (exact) mass is 194 g/mol. The molecule has 0 radical (unpaired) electrons. The molecule has 3 nitrogen and oxygen atoms in total. The van der Waals surface area contributed by atoms with Gasteiger partial charge in [-0.15, -0.1) is 0 Å². The Kier molecular flexibility index (Phi) is 3.97. The van der Waals surface area contributed by atoms with Crippen LogP contribution in [0.3, 0.4) is 0 Å². The van der Waals surface area contributed by atoms with Crippen LogP contribution in [0.15, 0.2) is 11.8 Å². The number of allylic oxidation sites excluding steroid dienone is 1. The summed E-state index contributed by atoms with van der Waals surface area (Å²) in [5.41, 5.74) is 1.25. The molecule has 1 aliphatic rings. The molecule has 1 aliphatic heterocycles. The maximum Gasteiger partial charge on any atom is 0.186 e. The molecule has 0 aromatic heterocycles. The van der Waals surface area contributed by atoms with Gasteiger partial charge < -0.3 is 4.74 Å². The molecule has 0 spiro atoms. The van der Waals surface area contributed by atoms with Gasteiger partial charge in [-0.1, -0.05) is 19.4 Å². The van der Waals surface area contributed by atoms with Crippen LogP contribution in [-0.4, -0.2) is 17.7 Å². The molecule has 1 atom stereocenters. The molecule has 0 saturated carbocycles. The van der Waals surface area contributed by atoms with Crippen LogP contribution in [0.4, 0.5) is 0 Å². The fraction of sp³-hybridized carbons (Fsp3) is 0.727. The molecule has 0 bridgehead atoms. The number of nitriles is 1. The molecule has 0 N–H and O–H groups in total. The topological polar surface area (TPSA) is 36.3 Å². The Hall–Kier alpha value is -1.01. The molecular weight excluding hydrogens is 176 g/mol. The van der Waals surface area contributed by atoms with Gasteiger partial charge in [-0.25, -0.2) is 0 Å². The van der Waals surface area contributed by atoms with E-state index in [0.717, 1.165) is 19.4 Å². The van der Waals surface area contributed by atoms with Crippen LogP contribution in [0.1, 0.15) is 33.6 Å². The maximum atomic E-state index is 8.90. The van der Waals surface area contributed by atoms with Crippen LogP contribution >= 0.6 is 0 Å². The first-order chi connectivity index (χ1) is 6.63. The van der Waals surface area contributed by atoms with Crippen molar-refractivity contribution in [2.24, 2.45) is 5.92 Å². The van der Waals surface area contributed by atoms with Crippen molar-refractivity contribution in [1.82, 2.24) is 4.90 Å². The number of hydrogen-bond acceptors (Lipinski definition) is 3. The Labute approximate surface area is 86.0 Å². The predicted octanol–water partition coefficient (Wildman–Crippen LogP) is 2.47. The van der Waals surface area contributed by atoms with Gasteiger partial charge in [0.2, 0.25) is 0 Å². The van der Waals surface area contributed by atoms with Gasteiger partial charge in [0, 0.05) is 6.20 Å². The molecule has 0 aromatic rings. The van der Waals surface area contributed by atoms with E-state index in [4.69, 9.17) is 10.00 Å². The van der Waals surface area contributed by atoms with Crippen LogP contribution < -0.4 is 0 Å². The Bertz CT molecular complexity index is 253. The minimum atomic E-state index is -0.0499. The minimum absolute atomic E-state index is 0.0499. The van der Waals surface area contributed by atoms with Crippen LogP contribution in [0.25, 0.3) is 0 Å². The lowest BCUT2D eigenvalue weighted by molar-refractivity contribution is -0.0352. The molecule has 1 unspecified atom stereocenters. The Morgan fingerprint density at radius 1 is 1.71 bits per heavy atom. The minimum Gasteiger partial charge on any atom is -0.357 e. The molecule has 0 amide bonds. The van der Waals surface area contributed by atoms with E-state index >= 15 is 0 Å². The van der Waals surface area contributed by atoms with E-state index in [1.54, 1.807) is 4.90 Å². The van der Waals surface area contributed by atoms with Crippen molar-refractivity contribution >= 4 is 0 Å². The highest BCUT2D eigenvalue weighted by Crippen LogP contribution is 2.20. The van der Waals surface area contributed by atoms with Crippen molar-refractivity contribution in [2.75, 3.05) is 6.61 Å². The van der Waals surface area contributed by atoms with Crippen LogP contribution in [0.5, 0.6) is 0 Å². The Morgan fingerprint density at radius 2 is 2.43 bits per heavy atom. The predicted molar refractivity (Wildman–Crippen MR) is 55.0 cm³/mol. The molecule has 0 saturated heterocycles. The molecule has 78 valence electrons. The average Bonchev–Trinajstić information content (AvgIpc) is 2.15. The summed E-state index contributed by atoms with van der Waals surface area (Å²) in [5, 5.41) is 8.90. The molecule has 0 aliphatic carbocycles. The zero-order valence-corrected chi connectivity index (χ0v) is 9.16. The van der Waals surface area contributed by atoms with Gasteiger partial charge in [-0.05, 0) is 25.7 Å². The fourth-order valence-electron chi connectivity index (χ4n) is 1.44. The highest BCUT2D eigenvalue weighted by atomic mass is 16.5. The van der Waals surface area contributed by atoms with Gasteiger partial charge in [0.15, 0.2) is 6.19 Å². The highest BCUT2D eigenvalue weighted by molar-refractivity contribution is 5.06. The molecule has 1 rings (SSSR count). The summed E-state index contributed by atoms with van der Waals surface area (Å²) in [6.07, 6.45) is 5.92. The van der Waals surface area contributed by atoms with E-state index in [2.05, 4.69) is 20.0 Å². The van der Waals surface area contributed by atoms with Gasteiger partial charge in [0.25, 0.3) is 0 Å². The van der Waals surface area contributed by atoms with Gasteiger partial charge in [-0.3, -0.25) is 4.90 Å². The van der Waals surface area contributed by atoms with Gasteiger partial charge in [-0.2, -0.15) is 5.26 Å². The number of hydrogen-bond donors (Lipinski definition) is 0. The van der Waals surface area contributed by atoms with Crippen molar-refractivity contribution in [3.8, 4) is 6.19 Å². The van der Waals surface area contributed by atoms with E-state index in [0.29, 0.717) is 5.92 Å². The molecule has 0 aromatic carbocycles. The normalized spacial score (nSPS) is 22.1. The lowest BCUT2D eigenvalue weighted by Gasteiger charge is -2.29. The summed E-state index contributed by atoms with van der Waals surface area (Å²) in [5.74, 6) is 0.516. The van der Waals surface area contributed by atoms with Crippen LogP contribution in [0.2, 0.25) is 0 Å². The summed E-state index contributed by atoms with van der Waals surface area (Å²) in [6.45, 7) is 6.99. The zero-order valence-electron chi connectivity index (χ0n) is 9.16. The summed E-state index contributed by atoms with van der Waals surface area (Å²) >= 11 is 0. The zero-order chi connectivity index (χ0) is 10.6. The van der Waals surface area contributed by atoms with Crippen molar-refractivity contribution in [1.29, 1.82) is 5.26 Å². The van der Waals surface area contributed by atoms with Crippen molar-refractivity contribution < 1.29 is 4.74 Å². The third-order valence-corrected chi connectivity index (χ3v) is 2.19. The van der Waals surface area contributed by atoms with E-state index in [9.17, 15) is 0 Å². The maximum absolute atomic E-state index is 8.90. The average molecular weight is 194 g/mol. The second-order valence-corrected chi connectivity index (χ2v) is 4.20. The Morgan fingerprint density at radius 3 is 3.00 bits per heavy atom. The van der Waals surface area contributed by atoms with E-state index < -0.39 is 0 Å². The van der Waals surface area contributed by atoms with E-state index in [-0.39, 0.29) is 6.23 Å². The van der Waals surface area contributed by atoms with Gasteiger partial charge >= 0.3 is 0 Å². The lowest BCUT2D eigenvalue weighted by atomic mass is 10.1. The highest BCUT2D eigenvalue weighted by Gasteiger charge is 2.20. The van der Waals surface area contributed by atoms with Gasteiger partial charge in [0.1, 0.15) is 6.23 Å². The molecular formula is C11H18N2O. The number of ether oxygens (including phenoxy) is 1. The standard InChI is InChI=1S/C11H18N2O/c1-9(2)7-14-11-5-4-10(3)6-13(11)8-12/h6,9,11H,4-5,7H2,1-3H3. The summed E-state index contributed by atoms with van der Waals surface area (Å²) in [6, 6.07) is 0. The summed E-state index contributed by atoms with van der Waals surface area (Å²) in [4.78, 5) is 1.61. The fourth-order valence-corrected chi connectivity index (χ4v) is 1.44. The first kappa shape index (κ1) is 11.1. The second-order valence-electron chi connectivity index (χ2n) is 4.20. The van der Waals surface area contributed by atoms with E-state index in [1.807, 2.05) is 13.1 Å². The van der Waals surface area contributed by atoms with Crippen LogP contribution in [0, 0.1) is 17.4 Å². The van der Waals surface area contributed by atoms with Crippen molar-refractivity contribution in [3.05, 3.63) is 11.8 Å².